The Labute approximate surface area is 370 Å². The Bertz CT molecular complexity index is 1110. The first kappa shape index (κ1) is 57.8. The Morgan fingerprint density at radius 1 is 0.525 bits per heavy atom. The zero-order valence-corrected chi connectivity index (χ0v) is 39.4. The van der Waals surface area contributed by atoms with Crippen molar-refractivity contribution in [3.63, 3.8) is 0 Å². The molecule has 12 nitrogen and oxygen atoms in total. The Morgan fingerprint density at radius 3 is 1.41 bits per heavy atom. The van der Waals surface area contributed by atoms with Gasteiger partial charge in [0, 0.05) is 13.0 Å². The van der Waals surface area contributed by atoms with Crippen molar-refractivity contribution in [2.45, 2.75) is 256 Å². The van der Waals surface area contributed by atoms with Crippen LogP contribution in [-0.4, -0.2) is 98.9 Å². The summed E-state index contributed by atoms with van der Waals surface area (Å²) in [6.45, 7) is 4.24. The molecular formula is C48H91O12P. The summed E-state index contributed by atoms with van der Waals surface area (Å²) in [5, 5.41) is 50.2. The number of ether oxygens (including phenoxy) is 2. The molecule has 1 rings (SSSR count). The normalized spacial score (nSPS) is 22.3. The average molecular weight is 891 g/mol. The van der Waals surface area contributed by atoms with Crippen LogP contribution in [0.15, 0.2) is 24.3 Å². The maximum Gasteiger partial charge on any atom is 0.472 e. The molecule has 360 valence electrons. The van der Waals surface area contributed by atoms with Crippen molar-refractivity contribution in [1.82, 2.24) is 0 Å². The summed E-state index contributed by atoms with van der Waals surface area (Å²) in [5.41, 5.74) is 0. The number of aliphatic hydroxyl groups is 5. The molecule has 0 spiro atoms. The summed E-state index contributed by atoms with van der Waals surface area (Å²) >= 11 is 0. The minimum absolute atomic E-state index is 0.0799. The Hall–Kier alpha value is -1.18. The summed E-state index contributed by atoms with van der Waals surface area (Å²) in [4.78, 5) is 23.2. The van der Waals surface area contributed by atoms with Gasteiger partial charge in [0.2, 0.25) is 0 Å². The minimum Gasteiger partial charge on any atom is -0.457 e. The molecular weight excluding hydrogens is 799 g/mol. The lowest BCUT2D eigenvalue weighted by Gasteiger charge is -2.41. The highest BCUT2D eigenvalue weighted by molar-refractivity contribution is 7.47. The highest BCUT2D eigenvalue weighted by atomic mass is 31.2. The molecule has 0 radical (unpaired) electrons. The van der Waals surface area contributed by atoms with Gasteiger partial charge >= 0.3 is 13.8 Å². The van der Waals surface area contributed by atoms with E-state index in [1.807, 2.05) is 0 Å². The number of aliphatic hydroxyl groups excluding tert-OH is 5. The van der Waals surface area contributed by atoms with Gasteiger partial charge in [-0.2, -0.15) is 0 Å². The molecule has 0 aliphatic heterocycles. The number of hydrogen-bond donors (Lipinski definition) is 6. The van der Waals surface area contributed by atoms with Gasteiger partial charge in [-0.05, 0) is 44.9 Å². The van der Waals surface area contributed by atoms with E-state index in [1.54, 1.807) is 0 Å². The first-order valence-corrected chi connectivity index (χ1v) is 26.2. The van der Waals surface area contributed by atoms with Crippen LogP contribution >= 0.6 is 7.82 Å². The van der Waals surface area contributed by atoms with E-state index >= 15 is 0 Å². The molecule has 0 aromatic heterocycles. The van der Waals surface area contributed by atoms with Crippen molar-refractivity contribution in [3.8, 4) is 0 Å². The largest absolute Gasteiger partial charge is 0.472 e. The predicted octanol–water partition coefficient (Wildman–Crippen LogP) is 10.5. The van der Waals surface area contributed by atoms with Gasteiger partial charge in [0.25, 0.3) is 0 Å². The number of esters is 1. The number of phosphoric ester groups is 1. The van der Waals surface area contributed by atoms with Gasteiger partial charge in [-0.15, -0.1) is 0 Å². The standard InChI is InChI=1S/C48H91O12P/c1-3-5-7-9-11-13-15-17-19-21-22-23-25-27-29-31-33-35-37-42(49)59-41(40-58-61(55,56)60-48-46(53)44(51)43(50)45(52)47(48)54)39-57-38-36-34-32-30-28-26-24-20-18-16-14-12-10-8-6-4-2/h12,14,18,20,41,43-48,50-54H,3-11,13,15-17,19,21-40H2,1-2H3,(H,55,56)/b14-12-,20-18-. The van der Waals surface area contributed by atoms with E-state index in [9.17, 15) is 39.8 Å². The highest BCUT2D eigenvalue weighted by Gasteiger charge is 2.51. The maximum atomic E-state index is 12.8. The van der Waals surface area contributed by atoms with Gasteiger partial charge in [0.1, 0.15) is 42.7 Å². The molecule has 6 N–H and O–H groups in total. The number of phosphoric acid groups is 1. The Balaban J connectivity index is 2.36. The minimum atomic E-state index is -5.02. The van der Waals surface area contributed by atoms with E-state index in [-0.39, 0.29) is 13.0 Å². The number of carbonyl (C=O) groups excluding carboxylic acids is 1. The van der Waals surface area contributed by atoms with Crippen LogP contribution in [0.3, 0.4) is 0 Å². The second-order valence-electron chi connectivity index (χ2n) is 17.3. The van der Waals surface area contributed by atoms with Gasteiger partial charge in [-0.3, -0.25) is 13.8 Å². The molecule has 0 amide bonds. The van der Waals surface area contributed by atoms with Gasteiger partial charge in [-0.1, -0.05) is 186 Å². The van der Waals surface area contributed by atoms with Crippen LogP contribution < -0.4 is 0 Å². The van der Waals surface area contributed by atoms with E-state index < -0.39 is 63.1 Å². The molecule has 0 saturated heterocycles. The molecule has 13 heteroatoms. The van der Waals surface area contributed by atoms with E-state index in [2.05, 4.69) is 38.2 Å². The topological polar surface area (TPSA) is 192 Å². The predicted molar refractivity (Wildman–Crippen MR) is 244 cm³/mol. The monoisotopic (exact) mass is 891 g/mol. The van der Waals surface area contributed by atoms with Crippen LogP contribution in [0.1, 0.15) is 213 Å². The third-order valence-corrected chi connectivity index (χ3v) is 12.6. The summed E-state index contributed by atoms with van der Waals surface area (Å²) in [6, 6.07) is 0. The lowest BCUT2D eigenvalue weighted by Crippen LogP contribution is -2.64. The molecule has 0 aromatic carbocycles. The van der Waals surface area contributed by atoms with Gasteiger partial charge in [0.05, 0.1) is 13.2 Å². The lowest BCUT2D eigenvalue weighted by molar-refractivity contribution is -0.220. The Kier molecular flexibility index (Phi) is 37.2. The number of carbonyl (C=O) groups is 1. The summed E-state index contributed by atoms with van der Waals surface area (Å²) in [6.07, 6.45) is 32.4. The maximum absolute atomic E-state index is 12.8. The third-order valence-electron chi connectivity index (χ3n) is 11.6. The van der Waals surface area contributed by atoms with Crippen LogP contribution in [0.4, 0.5) is 0 Å². The van der Waals surface area contributed by atoms with E-state index in [0.717, 1.165) is 57.8 Å². The summed E-state index contributed by atoms with van der Waals surface area (Å²) in [7, 11) is -5.02. The van der Waals surface area contributed by atoms with Crippen molar-refractivity contribution in [1.29, 1.82) is 0 Å². The van der Waals surface area contributed by atoms with E-state index in [0.29, 0.717) is 13.0 Å². The molecule has 0 bridgehead atoms. The number of unbranched alkanes of at least 4 members (excludes halogenated alkanes) is 26. The third kappa shape index (κ3) is 31.4. The molecule has 1 aliphatic carbocycles. The molecule has 0 aromatic rings. The SMILES string of the molecule is CCCCC/C=C\C/C=C\CCCCCCCCOCC(COP(=O)(O)OC1C(O)C(O)C(O)C(O)C1O)OC(=O)CCCCCCCCCCCCCCCCCCCC. The van der Waals surface area contributed by atoms with E-state index in [4.69, 9.17) is 18.5 Å². The molecule has 1 fully saturated rings. The van der Waals surface area contributed by atoms with Crippen LogP contribution in [0.5, 0.6) is 0 Å². The van der Waals surface area contributed by atoms with Crippen LogP contribution in [-0.2, 0) is 27.9 Å². The summed E-state index contributed by atoms with van der Waals surface area (Å²) in [5.74, 6) is -0.477. The van der Waals surface area contributed by atoms with Crippen LogP contribution in [0, 0.1) is 0 Å². The molecule has 0 heterocycles. The van der Waals surface area contributed by atoms with Crippen molar-refractivity contribution in [2.75, 3.05) is 19.8 Å². The van der Waals surface area contributed by atoms with Crippen LogP contribution in [0.2, 0.25) is 0 Å². The second-order valence-corrected chi connectivity index (χ2v) is 18.7. The van der Waals surface area contributed by atoms with Crippen molar-refractivity contribution >= 4 is 13.8 Å². The van der Waals surface area contributed by atoms with Crippen LogP contribution in [0.25, 0.3) is 0 Å². The lowest BCUT2D eigenvalue weighted by atomic mass is 9.85. The van der Waals surface area contributed by atoms with Gasteiger partial charge in [0.15, 0.2) is 0 Å². The molecule has 61 heavy (non-hydrogen) atoms. The molecule has 1 saturated carbocycles. The zero-order chi connectivity index (χ0) is 44.8. The smallest absolute Gasteiger partial charge is 0.457 e. The first-order chi connectivity index (χ1) is 29.5. The molecule has 1 aliphatic rings. The van der Waals surface area contributed by atoms with Gasteiger partial charge in [-0.25, -0.2) is 4.57 Å². The second kappa shape index (κ2) is 39.2. The number of hydrogen-bond acceptors (Lipinski definition) is 11. The Morgan fingerprint density at radius 2 is 0.918 bits per heavy atom. The van der Waals surface area contributed by atoms with E-state index in [1.165, 1.54) is 128 Å². The number of rotatable bonds is 42. The van der Waals surface area contributed by atoms with Crippen molar-refractivity contribution in [2.24, 2.45) is 0 Å². The zero-order valence-electron chi connectivity index (χ0n) is 38.5. The fourth-order valence-electron chi connectivity index (χ4n) is 7.62. The molecule has 6 unspecified atom stereocenters. The van der Waals surface area contributed by atoms with Gasteiger partial charge < -0.3 is 39.9 Å². The number of allylic oxidation sites excluding steroid dienone is 4. The fraction of sp³-hybridized carbons (Fsp3) is 0.896. The van der Waals surface area contributed by atoms with Crippen molar-refractivity contribution < 1.29 is 58.3 Å². The highest BCUT2D eigenvalue weighted by Crippen LogP contribution is 2.47. The summed E-state index contributed by atoms with van der Waals surface area (Å²) < 4.78 is 34.2. The fourth-order valence-corrected chi connectivity index (χ4v) is 8.59. The first-order valence-electron chi connectivity index (χ1n) is 24.7. The van der Waals surface area contributed by atoms with Crippen molar-refractivity contribution in [3.05, 3.63) is 24.3 Å². The average Bonchev–Trinajstić information content (AvgIpc) is 3.24. The molecule has 6 atom stereocenters. The quantitative estimate of drug-likeness (QED) is 0.0147.